The predicted molar refractivity (Wildman–Crippen MR) is 117 cm³/mol. The second-order valence-electron chi connectivity index (χ2n) is 7.61. The zero-order valence-electron chi connectivity index (χ0n) is 18.6. The Hall–Kier alpha value is -2.33. The first-order chi connectivity index (χ1) is 14.7. The van der Waals surface area contributed by atoms with Crippen molar-refractivity contribution in [1.29, 1.82) is 0 Å². The first kappa shape index (κ1) is 24.9. The number of rotatable bonds is 10. The van der Waals surface area contributed by atoms with Gasteiger partial charge >= 0.3 is 0 Å². The lowest BCUT2D eigenvalue weighted by Gasteiger charge is -2.30. The van der Waals surface area contributed by atoms with Crippen LogP contribution in [0.15, 0.2) is 23.1 Å². The van der Waals surface area contributed by atoms with Gasteiger partial charge in [0.1, 0.15) is 0 Å². The van der Waals surface area contributed by atoms with Crippen LogP contribution in [0.4, 0.5) is 0 Å². The highest BCUT2D eigenvalue weighted by Gasteiger charge is 2.32. The molecule has 1 heterocycles. The summed E-state index contributed by atoms with van der Waals surface area (Å²) in [5, 5.41) is 5.65. The third kappa shape index (κ3) is 6.57. The molecule has 1 atom stereocenters. The van der Waals surface area contributed by atoms with Gasteiger partial charge in [0.2, 0.25) is 21.8 Å². The van der Waals surface area contributed by atoms with E-state index in [0.29, 0.717) is 24.3 Å². The highest BCUT2D eigenvalue weighted by molar-refractivity contribution is 7.89. The number of carbonyl (C=O) groups excluding carboxylic acids is 2. The van der Waals surface area contributed by atoms with Crippen molar-refractivity contribution in [3.05, 3.63) is 18.2 Å². The highest BCUT2D eigenvalue weighted by atomic mass is 32.2. The fourth-order valence-electron chi connectivity index (χ4n) is 3.38. The van der Waals surface area contributed by atoms with Gasteiger partial charge in [0, 0.05) is 44.1 Å². The third-order valence-electron chi connectivity index (χ3n) is 5.49. The Labute approximate surface area is 184 Å². The molecule has 2 amide bonds. The van der Waals surface area contributed by atoms with Crippen molar-refractivity contribution in [2.24, 2.45) is 5.92 Å². The van der Waals surface area contributed by atoms with E-state index in [2.05, 4.69) is 10.6 Å². The molecule has 1 fully saturated rings. The number of amides is 2. The minimum absolute atomic E-state index is 0.0921. The van der Waals surface area contributed by atoms with Gasteiger partial charge in [-0.25, -0.2) is 8.42 Å². The maximum absolute atomic E-state index is 13.0. The van der Waals surface area contributed by atoms with Crippen molar-refractivity contribution in [2.45, 2.75) is 50.5 Å². The van der Waals surface area contributed by atoms with E-state index in [1.807, 2.05) is 13.8 Å². The van der Waals surface area contributed by atoms with Crippen LogP contribution in [0.3, 0.4) is 0 Å². The molecule has 0 saturated carbocycles. The standard InChI is InChI=1S/C21H33N3O6S/c1-5-15(2)23-20(25)8-11-22-21(26)16-9-12-24(13-10-16)31(27,28)17-6-7-18(29-3)19(14-17)30-4/h6-7,14-16H,5,8-13H2,1-4H3,(H,22,26)(H,23,25)/t15-/m0/s1. The average molecular weight is 456 g/mol. The summed E-state index contributed by atoms with van der Waals surface area (Å²) in [6, 6.07) is 4.60. The molecule has 0 radical (unpaired) electrons. The van der Waals surface area contributed by atoms with Gasteiger partial charge < -0.3 is 20.1 Å². The van der Waals surface area contributed by atoms with Crippen molar-refractivity contribution < 1.29 is 27.5 Å². The van der Waals surface area contributed by atoms with Crippen LogP contribution in [0.5, 0.6) is 11.5 Å². The van der Waals surface area contributed by atoms with Crippen molar-refractivity contribution >= 4 is 21.8 Å². The summed E-state index contributed by atoms with van der Waals surface area (Å²) in [5.41, 5.74) is 0. The Bertz CT molecular complexity index is 866. The van der Waals surface area contributed by atoms with Gasteiger partial charge in [-0.1, -0.05) is 6.92 Å². The number of hydrogen-bond donors (Lipinski definition) is 2. The molecule has 9 nitrogen and oxygen atoms in total. The molecule has 31 heavy (non-hydrogen) atoms. The second kappa shape index (κ2) is 11.3. The molecule has 2 rings (SSSR count). The van der Waals surface area contributed by atoms with Crippen LogP contribution in [0, 0.1) is 5.92 Å². The Balaban J connectivity index is 1.87. The largest absolute Gasteiger partial charge is 0.493 e. The zero-order chi connectivity index (χ0) is 23.0. The summed E-state index contributed by atoms with van der Waals surface area (Å²) in [6.07, 6.45) is 1.93. The Morgan fingerprint density at radius 1 is 1.16 bits per heavy atom. The van der Waals surface area contributed by atoms with Gasteiger partial charge in [-0.15, -0.1) is 0 Å². The fraction of sp³-hybridized carbons (Fsp3) is 0.619. The lowest BCUT2D eigenvalue weighted by Crippen LogP contribution is -2.43. The van der Waals surface area contributed by atoms with Crippen molar-refractivity contribution in [3.8, 4) is 11.5 Å². The smallest absolute Gasteiger partial charge is 0.243 e. The molecule has 0 aliphatic carbocycles. The minimum atomic E-state index is -3.70. The van der Waals surface area contributed by atoms with E-state index >= 15 is 0 Å². The van der Waals surface area contributed by atoms with E-state index in [-0.39, 0.29) is 54.7 Å². The zero-order valence-corrected chi connectivity index (χ0v) is 19.5. The molecule has 2 N–H and O–H groups in total. The summed E-state index contributed by atoms with van der Waals surface area (Å²) in [4.78, 5) is 24.3. The van der Waals surface area contributed by atoms with Gasteiger partial charge in [0.15, 0.2) is 11.5 Å². The molecule has 0 bridgehead atoms. The lowest BCUT2D eigenvalue weighted by atomic mass is 9.97. The number of carbonyl (C=O) groups is 2. The van der Waals surface area contributed by atoms with Gasteiger partial charge in [0.05, 0.1) is 19.1 Å². The lowest BCUT2D eigenvalue weighted by molar-refractivity contribution is -0.126. The Kier molecular flexibility index (Phi) is 9.12. The van der Waals surface area contributed by atoms with Crippen LogP contribution in [0.2, 0.25) is 0 Å². The van der Waals surface area contributed by atoms with Crippen molar-refractivity contribution in [2.75, 3.05) is 33.9 Å². The number of piperidine rings is 1. The molecule has 1 aliphatic heterocycles. The molecular weight excluding hydrogens is 422 g/mol. The molecular formula is C21H33N3O6S. The predicted octanol–water partition coefficient (Wildman–Crippen LogP) is 1.53. The molecule has 1 aromatic rings. The number of hydrogen-bond acceptors (Lipinski definition) is 6. The van der Waals surface area contributed by atoms with E-state index in [4.69, 9.17) is 9.47 Å². The summed E-state index contributed by atoms with van der Waals surface area (Å²) in [7, 11) is -0.761. The number of benzene rings is 1. The van der Waals surface area contributed by atoms with Crippen molar-refractivity contribution in [3.63, 3.8) is 0 Å². The van der Waals surface area contributed by atoms with Crippen LogP contribution in [0.25, 0.3) is 0 Å². The SMILES string of the molecule is CC[C@H](C)NC(=O)CCNC(=O)C1CCN(S(=O)(=O)c2ccc(OC)c(OC)c2)CC1. The molecule has 1 saturated heterocycles. The monoisotopic (exact) mass is 455 g/mol. The van der Waals surface area contributed by atoms with Crippen LogP contribution >= 0.6 is 0 Å². The summed E-state index contributed by atoms with van der Waals surface area (Å²) in [6.45, 7) is 4.70. The third-order valence-corrected chi connectivity index (χ3v) is 7.38. The van der Waals surface area contributed by atoms with E-state index in [0.717, 1.165) is 6.42 Å². The minimum Gasteiger partial charge on any atom is -0.493 e. The van der Waals surface area contributed by atoms with Crippen LogP contribution in [0.1, 0.15) is 39.5 Å². The second-order valence-corrected chi connectivity index (χ2v) is 9.55. The molecule has 0 spiro atoms. The Morgan fingerprint density at radius 2 is 1.81 bits per heavy atom. The van der Waals surface area contributed by atoms with E-state index in [1.54, 1.807) is 6.07 Å². The van der Waals surface area contributed by atoms with Crippen LogP contribution < -0.4 is 20.1 Å². The van der Waals surface area contributed by atoms with Crippen molar-refractivity contribution in [1.82, 2.24) is 14.9 Å². The van der Waals surface area contributed by atoms with Gasteiger partial charge in [0.25, 0.3) is 0 Å². The topological polar surface area (TPSA) is 114 Å². The number of nitrogens with zero attached hydrogens (tertiary/aromatic N) is 1. The van der Waals surface area contributed by atoms with Gasteiger partial charge in [-0.2, -0.15) is 4.31 Å². The normalized spacial score (nSPS) is 16.4. The van der Waals surface area contributed by atoms with E-state index < -0.39 is 10.0 Å². The van der Waals surface area contributed by atoms with Crippen LogP contribution in [-0.2, 0) is 19.6 Å². The first-order valence-electron chi connectivity index (χ1n) is 10.5. The highest BCUT2D eigenvalue weighted by Crippen LogP contribution is 2.31. The molecule has 174 valence electrons. The number of sulfonamides is 1. The number of methoxy groups -OCH3 is 2. The first-order valence-corrected chi connectivity index (χ1v) is 12.0. The number of nitrogens with one attached hydrogen (secondary N) is 2. The molecule has 1 aliphatic rings. The number of ether oxygens (including phenoxy) is 2. The van der Waals surface area contributed by atoms with E-state index in [9.17, 15) is 18.0 Å². The summed E-state index contributed by atoms with van der Waals surface area (Å²) < 4.78 is 37.7. The average Bonchev–Trinajstić information content (AvgIpc) is 2.78. The maximum atomic E-state index is 13.0. The maximum Gasteiger partial charge on any atom is 0.243 e. The molecule has 10 heteroatoms. The van der Waals surface area contributed by atoms with Gasteiger partial charge in [-0.3, -0.25) is 9.59 Å². The van der Waals surface area contributed by atoms with Gasteiger partial charge in [-0.05, 0) is 38.3 Å². The fourth-order valence-corrected chi connectivity index (χ4v) is 4.86. The van der Waals surface area contributed by atoms with Crippen LogP contribution in [-0.4, -0.2) is 64.4 Å². The van der Waals surface area contributed by atoms with E-state index in [1.165, 1.54) is 30.7 Å². The quantitative estimate of drug-likeness (QED) is 0.553. The molecule has 0 unspecified atom stereocenters. The summed E-state index contributed by atoms with van der Waals surface area (Å²) >= 11 is 0. The Morgan fingerprint density at radius 3 is 2.39 bits per heavy atom. The summed E-state index contributed by atoms with van der Waals surface area (Å²) in [5.74, 6) is 0.296. The molecule has 1 aromatic carbocycles. The molecule has 0 aromatic heterocycles.